The minimum atomic E-state index is 0.511. The molecule has 0 unspecified atom stereocenters. The number of ether oxygens (including phenoxy) is 1. The van der Waals surface area contributed by atoms with Crippen molar-refractivity contribution in [1.82, 2.24) is 9.97 Å². The highest BCUT2D eigenvalue weighted by molar-refractivity contribution is 5.37. The quantitative estimate of drug-likeness (QED) is 0.880. The average molecular weight is 247 g/mol. The molecule has 0 aliphatic rings. The Hall–Kier alpha value is -2.04. The summed E-state index contributed by atoms with van der Waals surface area (Å²) in [5.41, 5.74) is 0.919. The first kappa shape index (κ1) is 12.4. The van der Waals surface area contributed by atoms with Gasteiger partial charge in [0.15, 0.2) is 0 Å². The van der Waals surface area contributed by atoms with Crippen LogP contribution >= 0.6 is 0 Å². The fraction of sp³-hybridized carbons (Fsp3) is 0.385. The first-order chi connectivity index (χ1) is 8.69. The Bertz CT molecular complexity index is 503. The van der Waals surface area contributed by atoms with Crippen molar-refractivity contribution in [2.45, 2.75) is 27.3 Å². The Balaban J connectivity index is 1.99. The molecule has 0 aliphatic carbocycles. The number of hydrogen-bond donors (Lipinski definition) is 1. The van der Waals surface area contributed by atoms with Crippen LogP contribution in [0.5, 0.6) is 5.88 Å². The summed E-state index contributed by atoms with van der Waals surface area (Å²) in [6.07, 6.45) is 0. The van der Waals surface area contributed by atoms with E-state index in [2.05, 4.69) is 15.3 Å². The molecule has 5 heteroatoms. The van der Waals surface area contributed by atoms with Gasteiger partial charge in [0.25, 0.3) is 0 Å². The summed E-state index contributed by atoms with van der Waals surface area (Å²) in [6, 6.07) is 5.60. The summed E-state index contributed by atoms with van der Waals surface area (Å²) in [5.74, 6) is 2.87. The zero-order valence-corrected chi connectivity index (χ0v) is 10.9. The van der Waals surface area contributed by atoms with Crippen LogP contribution in [0.3, 0.4) is 0 Å². The lowest BCUT2D eigenvalue weighted by Crippen LogP contribution is -2.03. The number of hydrogen-bond acceptors (Lipinski definition) is 5. The predicted molar refractivity (Wildman–Crippen MR) is 68.7 cm³/mol. The fourth-order valence-corrected chi connectivity index (χ4v) is 1.52. The first-order valence-electron chi connectivity index (χ1n) is 5.95. The van der Waals surface area contributed by atoms with Gasteiger partial charge in [0.1, 0.15) is 11.6 Å². The number of aryl methyl sites for hydroxylation is 2. The maximum Gasteiger partial charge on any atom is 0.215 e. The van der Waals surface area contributed by atoms with Gasteiger partial charge in [-0.3, -0.25) is 0 Å². The van der Waals surface area contributed by atoms with Crippen LogP contribution in [0.25, 0.3) is 0 Å². The van der Waals surface area contributed by atoms with Crippen molar-refractivity contribution in [2.75, 3.05) is 11.9 Å². The van der Waals surface area contributed by atoms with Crippen molar-refractivity contribution in [2.24, 2.45) is 0 Å². The van der Waals surface area contributed by atoms with Gasteiger partial charge in [0.2, 0.25) is 11.8 Å². The van der Waals surface area contributed by atoms with Crippen molar-refractivity contribution in [3.05, 3.63) is 35.5 Å². The average Bonchev–Trinajstić information content (AvgIpc) is 2.67. The normalized spacial score (nSPS) is 10.4. The number of nitrogens with zero attached hydrogens (tertiary/aromatic N) is 2. The predicted octanol–water partition coefficient (Wildman–Crippen LogP) is 2.70. The second-order valence-corrected chi connectivity index (χ2v) is 3.90. The van der Waals surface area contributed by atoms with Gasteiger partial charge in [-0.25, -0.2) is 4.98 Å². The van der Waals surface area contributed by atoms with E-state index in [0.29, 0.717) is 24.9 Å². The number of anilines is 1. The van der Waals surface area contributed by atoms with Crippen LogP contribution in [-0.4, -0.2) is 16.6 Å². The fourth-order valence-electron chi connectivity index (χ4n) is 1.52. The minimum Gasteiger partial charge on any atom is -0.478 e. The number of oxazole rings is 1. The van der Waals surface area contributed by atoms with Crippen LogP contribution in [0.15, 0.2) is 22.6 Å². The highest BCUT2D eigenvalue weighted by Gasteiger charge is 2.05. The summed E-state index contributed by atoms with van der Waals surface area (Å²) in [6.45, 7) is 6.88. The van der Waals surface area contributed by atoms with Gasteiger partial charge >= 0.3 is 0 Å². The second-order valence-electron chi connectivity index (χ2n) is 3.90. The van der Waals surface area contributed by atoms with E-state index in [1.165, 1.54) is 0 Å². The Morgan fingerprint density at radius 1 is 1.28 bits per heavy atom. The van der Waals surface area contributed by atoms with Crippen molar-refractivity contribution >= 4 is 5.82 Å². The van der Waals surface area contributed by atoms with E-state index in [0.717, 1.165) is 17.3 Å². The second kappa shape index (κ2) is 5.53. The van der Waals surface area contributed by atoms with Crippen molar-refractivity contribution < 1.29 is 9.15 Å². The maximum atomic E-state index is 5.48. The third kappa shape index (κ3) is 3.00. The zero-order chi connectivity index (χ0) is 13.0. The summed E-state index contributed by atoms with van der Waals surface area (Å²) in [7, 11) is 0. The Morgan fingerprint density at radius 3 is 2.78 bits per heavy atom. The largest absolute Gasteiger partial charge is 0.478 e. The molecule has 0 atom stereocenters. The molecule has 0 saturated carbocycles. The summed E-state index contributed by atoms with van der Waals surface area (Å²) in [5, 5.41) is 3.15. The minimum absolute atomic E-state index is 0.511. The molecule has 96 valence electrons. The molecule has 2 rings (SSSR count). The summed E-state index contributed by atoms with van der Waals surface area (Å²) >= 11 is 0. The first-order valence-corrected chi connectivity index (χ1v) is 5.95. The van der Waals surface area contributed by atoms with Gasteiger partial charge in [0, 0.05) is 6.07 Å². The molecule has 5 nitrogen and oxygen atoms in total. The molecule has 0 amide bonds. The van der Waals surface area contributed by atoms with Crippen LogP contribution in [-0.2, 0) is 6.54 Å². The van der Waals surface area contributed by atoms with Gasteiger partial charge in [-0.05, 0) is 26.8 Å². The van der Waals surface area contributed by atoms with E-state index in [1.807, 2.05) is 39.0 Å². The van der Waals surface area contributed by atoms with E-state index < -0.39 is 0 Å². The van der Waals surface area contributed by atoms with E-state index >= 15 is 0 Å². The zero-order valence-electron chi connectivity index (χ0n) is 10.9. The Kier molecular flexibility index (Phi) is 3.82. The number of nitrogens with one attached hydrogen (secondary N) is 1. The molecule has 0 fully saturated rings. The van der Waals surface area contributed by atoms with Crippen LogP contribution in [0.1, 0.15) is 24.3 Å². The Morgan fingerprint density at radius 2 is 2.11 bits per heavy atom. The monoisotopic (exact) mass is 247 g/mol. The lowest BCUT2D eigenvalue weighted by atomic mass is 10.4. The molecule has 0 bridgehead atoms. The standard InChI is InChI=1S/C13H17N3O2/c1-4-17-12-7-5-6-11(16-12)14-8-13-15-9(2)10(3)18-13/h5-7H,4,8H2,1-3H3,(H,14,16). The van der Waals surface area contributed by atoms with Crippen molar-refractivity contribution in [1.29, 1.82) is 0 Å². The van der Waals surface area contributed by atoms with E-state index in [1.54, 1.807) is 0 Å². The highest BCUT2D eigenvalue weighted by atomic mass is 16.5. The summed E-state index contributed by atoms with van der Waals surface area (Å²) in [4.78, 5) is 8.60. The van der Waals surface area contributed by atoms with Gasteiger partial charge in [-0.1, -0.05) is 6.07 Å². The number of rotatable bonds is 5. The van der Waals surface area contributed by atoms with Crippen LogP contribution in [0, 0.1) is 13.8 Å². The van der Waals surface area contributed by atoms with Gasteiger partial charge < -0.3 is 14.5 Å². The molecule has 2 aromatic heterocycles. The maximum absolute atomic E-state index is 5.48. The Labute approximate surface area is 106 Å². The molecule has 0 aromatic carbocycles. The van der Waals surface area contributed by atoms with Crippen molar-refractivity contribution in [3.8, 4) is 5.88 Å². The summed E-state index contributed by atoms with van der Waals surface area (Å²) < 4.78 is 10.8. The van der Waals surface area contributed by atoms with E-state index in [4.69, 9.17) is 9.15 Å². The third-order valence-corrected chi connectivity index (χ3v) is 2.51. The third-order valence-electron chi connectivity index (χ3n) is 2.51. The molecular weight excluding hydrogens is 230 g/mol. The van der Waals surface area contributed by atoms with Crippen LogP contribution in [0.2, 0.25) is 0 Å². The van der Waals surface area contributed by atoms with E-state index in [9.17, 15) is 0 Å². The van der Waals surface area contributed by atoms with Gasteiger partial charge in [0.05, 0.1) is 18.8 Å². The SMILES string of the molecule is CCOc1cccc(NCc2nc(C)c(C)o2)n1. The molecule has 0 spiro atoms. The topological polar surface area (TPSA) is 60.2 Å². The van der Waals surface area contributed by atoms with Gasteiger partial charge in [-0.2, -0.15) is 4.98 Å². The number of pyridine rings is 1. The highest BCUT2D eigenvalue weighted by Crippen LogP contribution is 2.13. The molecule has 1 N–H and O–H groups in total. The van der Waals surface area contributed by atoms with Crippen molar-refractivity contribution in [3.63, 3.8) is 0 Å². The molecule has 2 aromatic rings. The molecule has 2 heterocycles. The molecule has 0 radical (unpaired) electrons. The van der Waals surface area contributed by atoms with Crippen LogP contribution < -0.4 is 10.1 Å². The molecule has 18 heavy (non-hydrogen) atoms. The van der Waals surface area contributed by atoms with Crippen LogP contribution in [0.4, 0.5) is 5.82 Å². The smallest absolute Gasteiger partial charge is 0.215 e. The molecular formula is C13H17N3O2. The molecule has 0 aliphatic heterocycles. The lowest BCUT2D eigenvalue weighted by Gasteiger charge is -2.05. The van der Waals surface area contributed by atoms with Gasteiger partial charge in [-0.15, -0.1) is 0 Å². The molecule has 0 saturated heterocycles. The lowest BCUT2D eigenvalue weighted by molar-refractivity contribution is 0.327. The number of aromatic nitrogens is 2. The van der Waals surface area contributed by atoms with E-state index in [-0.39, 0.29) is 0 Å².